The molecule has 1 fully saturated rings. The van der Waals surface area contributed by atoms with E-state index in [9.17, 15) is 4.79 Å². The van der Waals surface area contributed by atoms with Crippen molar-refractivity contribution in [1.29, 1.82) is 0 Å². The second-order valence-electron chi connectivity index (χ2n) is 5.41. The van der Waals surface area contributed by atoms with Crippen LogP contribution in [0.1, 0.15) is 39.4 Å². The van der Waals surface area contributed by atoms with Gasteiger partial charge in [-0.2, -0.15) is 0 Å². The molecule has 19 heavy (non-hydrogen) atoms. The number of nitrogens with two attached hydrogens (primary N) is 1. The van der Waals surface area contributed by atoms with Crippen LogP contribution in [0.25, 0.3) is 0 Å². The maximum Gasteiger partial charge on any atom is 0.263 e. The monoisotopic (exact) mass is 300 g/mol. The summed E-state index contributed by atoms with van der Waals surface area (Å²) in [6, 6.07) is 2.13. The predicted octanol–water partition coefficient (Wildman–Crippen LogP) is 2.47. The minimum atomic E-state index is 0. The van der Waals surface area contributed by atoms with Gasteiger partial charge < -0.3 is 10.6 Å². The molecule has 1 aromatic heterocycles. The van der Waals surface area contributed by atoms with Gasteiger partial charge in [-0.05, 0) is 56.2 Å². The van der Waals surface area contributed by atoms with Crippen LogP contribution in [0, 0.1) is 5.92 Å². The molecular weight excluding hydrogens is 280 g/mol. The highest BCUT2D eigenvalue weighted by atomic mass is 35.5. The molecule has 1 aromatic rings. The number of thiophene rings is 1. The molecule has 106 valence electrons. The molecule has 3 rings (SSSR count). The highest BCUT2D eigenvalue weighted by Crippen LogP contribution is 2.31. The topological polar surface area (TPSA) is 46.3 Å². The Morgan fingerprint density at radius 3 is 3.00 bits per heavy atom. The average Bonchev–Trinajstić information content (AvgIpc) is 2.98. The summed E-state index contributed by atoms with van der Waals surface area (Å²) in [5.74, 6) is 0.724. The Morgan fingerprint density at radius 2 is 2.26 bits per heavy atom. The van der Waals surface area contributed by atoms with Gasteiger partial charge in [0.2, 0.25) is 0 Å². The summed E-state index contributed by atoms with van der Waals surface area (Å²) in [4.78, 5) is 16.8. The Labute approximate surface area is 124 Å². The van der Waals surface area contributed by atoms with Crippen LogP contribution in [-0.2, 0) is 12.8 Å². The minimum absolute atomic E-state index is 0. The van der Waals surface area contributed by atoms with Gasteiger partial charge in [-0.15, -0.1) is 23.7 Å². The molecular formula is C14H21ClN2OS. The van der Waals surface area contributed by atoms with Crippen molar-refractivity contribution in [2.45, 2.75) is 32.1 Å². The van der Waals surface area contributed by atoms with E-state index in [4.69, 9.17) is 5.73 Å². The lowest BCUT2D eigenvalue weighted by Gasteiger charge is -2.31. The molecule has 0 saturated carbocycles. The molecule has 0 bridgehead atoms. The first-order valence-corrected chi connectivity index (χ1v) is 7.70. The molecule has 1 amide bonds. The van der Waals surface area contributed by atoms with Crippen molar-refractivity contribution in [3.8, 4) is 0 Å². The molecule has 1 atom stereocenters. The first-order valence-electron chi connectivity index (χ1n) is 6.89. The molecule has 2 aliphatic rings. The summed E-state index contributed by atoms with van der Waals surface area (Å²) in [5.41, 5.74) is 7.14. The maximum absolute atomic E-state index is 12.5. The van der Waals surface area contributed by atoms with Crippen molar-refractivity contribution >= 4 is 29.7 Å². The maximum atomic E-state index is 12.5. The number of rotatable bonds is 2. The lowest BCUT2D eigenvalue weighted by atomic mass is 9.98. The Kier molecular flexibility index (Phi) is 4.87. The zero-order valence-electron chi connectivity index (χ0n) is 11.1. The number of hydrogen-bond donors (Lipinski definition) is 1. The van der Waals surface area contributed by atoms with E-state index < -0.39 is 0 Å². The first kappa shape index (κ1) is 14.8. The molecule has 3 nitrogen and oxygen atoms in total. The van der Waals surface area contributed by atoms with Crippen molar-refractivity contribution in [2.24, 2.45) is 11.7 Å². The number of likely N-dealkylation sites (tertiary alicyclic amines) is 1. The quantitative estimate of drug-likeness (QED) is 0.912. The normalized spacial score (nSPS) is 21.9. The lowest BCUT2D eigenvalue weighted by molar-refractivity contribution is 0.0683. The fourth-order valence-electron chi connectivity index (χ4n) is 3.03. The number of carbonyl (C=O) groups is 1. The smallest absolute Gasteiger partial charge is 0.263 e. The number of amides is 1. The third-order valence-electron chi connectivity index (χ3n) is 4.10. The van der Waals surface area contributed by atoms with Gasteiger partial charge in [-0.25, -0.2) is 0 Å². The Morgan fingerprint density at radius 1 is 1.42 bits per heavy atom. The predicted molar refractivity (Wildman–Crippen MR) is 81.3 cm³/mol. The van der Waals surface area contributed by atoms with E-state index in [0.717, 1.165) is 30.8 Å². The Bertz CT molecular complexity index is 439. The largest absolute Gasteiger partial charge is 0.338 e. The van der Waals surface area contributed by atoms with E-state index in [-0.39, 0.29) is 18.3 Å². The summed E-state index contributed by atoms with van der Waals surface area (Å²) in [5, 5.41) is 0. The number of fused-ring (bicyclic) bond motifs is 1. The second-order valence-corrected chi connectivity index (χ2v) is 6.54. The summed E-state index contributed by atoms with van der Waals surface area (Å²) < 4.78 is 0. The summed E-state index contributed by atoms with van der Waals surface area (Å²) >= 11 is 1.71. The minimum Gasteiger partial charge on any atom is -0.338 e. The van der Waals surface area contributed by atoms with Gasteiger partial charge in [0.05, 0.1) is 4.88 Å². The number of aryl methyl sites for hydroxylation is 2. The van der Waals surface area contributed by atoms with Crippen LogP contribution in [-0.4, -0.2) is 30.4 Å². The molecule has 1 unspecified atom stereocenters. The van der Waals surface area contributed by atoms with Crippen molar-refractivity contribution in [3.63, 3.8) is 0 Å². The highest BCUT2D eigenvalue weighted by molar-refractivity contribution is 7.14. The molecule has 2 N–H and O–H groups in total. The van der Waals surface area contributed by atoms with E-state index in [2.05, 4.69) is 6.07 Å². The molecule has 1 aliphatic heterocycles. The average molecular weight is 301 g/mol. The molecule has 0 spiro atoms. The van der Waals surface area contributed by atoms with Gasteiger partial charge in [0, 0.05) is 18.0 Å². The zero-order chi connectivity index (χ0) is 12.5. The van der Waals surface area contributed by atoms with E-state index in [0.29, 0.717) is 12.5 Å². The zero-order valence-corrected chi connectivity index (χ0v) is 12.7. The fraction of sp³-hybridized carbons (Fsp3) is 0.643. The SMILES string of the molecule is Cl.NCC1CCCN(C(=O)c2cc3c(s2)CCC3)C1. The highest BCUT2D eigenvalue weighted by Gasteiger charge is 2.26. The third kappa shape index (κ3) is 2.96. The van der Waals surface area contributed by atoms with Gasteiger partial charge in [0.1, 0.15) is 0 Å². The molecule has 0 aromatic carbocycles. The van der Waals surface area contributed by atoms with Crippen LogP contribution in [0.3, 0.4) is 0 Å². The van der Waals surface area contributed by atoms with E-state index in [1.54, 1.807) is 11.3 Å². The summed E-state index contributed by atoms with van der Waals surface area (Å²) in [6.45, 7) is 2.44. The van der Waals surface area contributed by atoms with Crippen molar-refractivity contribution in [2.75, 3.05) is 19.6 Å². The number of nitrogens with zero attached hydrogens (tertiary/aromatic N) is 1. The van der Waals surface area contributed by atoms with E-state index in [1.807, 2.05) is 4.90 Å². The molecule has 1 saturated heterocycles. The molecule has 1 aliphatic carbocycles. The number of carbonyl (C=O) groups excluding carboxylic acids is 1. The van der Waals surface area contributed by atoms with Gasteiger partial charge >= 0.3 is 0 Å². The van der Waals surface area contributed by atoms with Crippen molar-refractivity contribution in [3.05, 3.63) is 21.4 Å². The van der Waals surface area contributed by atoms with Crippen molar-refractivity contribution in [1.82, 2.24) is 4.90 Å². The molecule has 2 heterocycles. The van der Waals surface area contributed by atoms with Crippen LogP contribution in [0.2, 0.25) is 0 Å². The first-order chi connectivity index (χ1) is 8.78. The van der Waals surface area contributed by atoms with Gasteiger partial charge in [-0.3, -0.25) is 4.79 Å². The third-order valence-corrected chi connectivity index (χ3v) is 5.32. The number of hydrogen-bond acceptors (Lipinski definition) is 3. The van der Waals surface area contributed by atoms with Gasteiger partial charge in [-0.1, -0.05) is 0 Å². The van der Waals surface area contributed by atoms with E-state index >= 15 is 0 Å². The Balaban J connectivity index is 0.00000133. The molecule has 0 radical (unpaired) electrons. The molecule has 5 heteroatoms. The van der Waals surface area contributed by atoms with Gasteiger partial charge in [0.25, 0.3) is 5.91 Å². The number of halogens is 1. The second kappa shape index (κ2) is 6.25. The fourth-order valence-corrected chi connectivity index (χ4v) is 4.25. The lowest BCUT2D eigenvalue weighted by Crippen LogP contribution is -2.41. The summed E-state index contributed by atoms with van der Waals surface area (Å²) in [7, 11) is 0. The van der Waals surface area contributed by atoms with Crippen LogP contribution in [0.15, 0.2) is 6.07 Å². The van der Waals surface area contributed by atoms with Crippen LogP contribution < -0.4 is 5.73 Å². The van der Waals surface area contributed by atoms with Gasteiger partial charge in [0.15, 0.2) is 0 Å². The van der Waals surface area contributed by atoms with E-state index in [1.165, 1.54) is 29.7 Å². The summed E-state index contributed by atoms with van der Waals surface area (Å²) in [6.07, 6.45) is 5.84. The van der Waals surface area contributed by atoms with Crippen LogP contribution >= 0.6 is 23.7 Å². The van der Waals surface area contributed by atoms with Crippen molar-refractivity contribution < 1.29 is 4.79 Å². The van der Waals surface area contributed by atoms with Crippen LogP contribution in [0.4, 0.5) is 0 Å². The standard InChI is InChI=1S/C14H20N2OS.ClH/c15-8-10-3-2-6-16(9-10)14(17)13-7-11-4-1-5-12(11)18-13;/h7,10H,1-6,8-9,15H2;1H. The Hall–Kier alpha value is -0.580. The van der Waals surface area contributed by atoms with Crippen LogP contribution in [0.5, 0.6) is 0 Å². The number of piperidine rings is 1.